The van der Waals surface area contributed by atoms with Crippen molar-refractivity contribution in [1.29, 1.82) is 0 Å². The summed E-state index contributed by atoms with van der Waals surface area (Å²) in [5.41, 5.74) is -3.29. The van der Waals surface area contributed by atoms with Gasteiger partial charge in [-0.2, -0.15) is 39.5 Å². The second-order valence-corrected chi connectivity index (χ2v) is 5.66. The lowest BCUT2D eigenvalue weighted by Gasteiger charge is -2.35. The van der Waals surface area contributed by atoms with Crippen LogP contribution in [-0.2, 0) is 9.53 Å². The van der Waals surface area contributed by atoms with E-state index in [0.29, 0.717) is 0 Å². The minimum Gasteiger partial charge on any atom is -0.371 e. The lowest BCUT2D eigenvalue weighted by atomic mass is 9.78. The molecule has 0 aromatic heterocycles. The molecule has 144 valence electrons. The largest absolute Gasteiger partial charge is 0.389 e. The SMILES string of the molecule is CN(C)C(=O)COCC(CC(F)(F)F)(CC(F)(F)F)CC(F)(F)F. The third-order valence-electron chi connectivity index (χ3n) is 2.86. The molecule has 0 aromatic rings. The van der Waals surface area contributed by atoms with Crippen LogP contribution in [-0.4, -0.2) is 56.6 Å². The van der Waals surface area contributed by atoms with Crippen LogP contribution in [0.5, 0.6) is 0 Å². The molecule has 0 rings (SSSR count). The Bertz CT molecular complexity index is 371. The van der Waals surface area contributed by atoms with Crippen molar-refractivity contribution in [2.45, 2.75) is 37.8 Å². The quantitative estimate of drug-likeness (QED) is 0.629. The summed E-state index contributed by atoms with van der Waals surface area (Å²) in [6.07, 6.45) is -22.8. The van der Waals surface area contributed by atoms with Crippen molar-refractivity contribution in [3.63, 3.8) is 0 Å². The molecule has 3 nitrogen and oxygen atoms in total. The van der Waals surface area contributed by atoms with E-state index in [0.717, 1.165) is 4.90 Å². The molecule has 0 atom stereocenters. The fourth-order valence-corrected chi connectivity index (χ4v) is 2.10. The molecular weight excluding hydrogens is 361 g/mol. The second-order valence-electron chi connectivity index (χ2n) is 5.66. The molecule has 0 heterocycles. The van der Waals surface area contributed by atoms with E-state index in [1.54, 1.807) is 0 Å². The summed E-state index contributed by atoms with van der Waals surface area (Å²) in [6, 6.07) is 0. The predicted molar refractivity (Wildman–Crippen MR) is 64.0 cm³/mol. The number of carbonyl (C=O) groups excluding carboxylic acids is 1. The molecule has 0 bridgehead atoms. The molecule has 0 N–H and O–H groups in total. The number of halogens is 9. The molecular formula is C12H16F9NO2. The maximum atomic E-state index is 12.5. The van der Waals surface area contributed by atoms with E-state index in [1.165, 1.54) is 14.1 Å². The number of ether oxygens (including phenoxy) is 1. The fraction of sp³-hybridized carbons (Fsp3) is 0.917. The van der Waals surface area contributed by atoms with Crippen LogP contribution in [0.2, 0.25) is 0 Å². The molecule has 0 aliphatic heterocycles. The van der Waals surface area contributed by atoms with Crippen molar-refractivity contribution in [2.75, 3.05) is 27.3 Å². The first kappa shape index (κ1) is 22.8. The fourth-order valence-electron chi connectivity index (χ4n) is 2.10. The van der Waals surface area contributed by atoms with Crippen LogP contribution in [0.3, 0.4) is 0 Å². The lowest BCUT2D eigenvalue weighted by molar-refractivity contribution is -0.235. The summed E-state index contributed by atoms with van der Waals surface area (Å²) in [5, 5.41) is 0. The number of rotatable bonds is 7. The molecule has 24 heavy (non-hydrogen) atoms. The van der Waals surface area contributed by atoms with Gasteiger partial charge < -0.3 is 9.64 Å². The molecule has 0 aliphatic rings. The zero-order valence-electron chi connectivity index (χ0n) is 12.7. The lowest BCUT2D eigenvalue weighted by Crippen LogP contribution is -2.41. The molecule has 12 heteroatoms. The summed E-state index contributed by atoms with van der Waals surface area (Å²) >= 11 is 0. The number of hydrogen-bond donors (Lipinski definition) is 0. The van der Waals surface area contributed by atoms with Gasteiger partial charge in [0.15, 0.2) is 0 Å². The Labute approximate surface area is 131 Å². The number of nitrogens with zero attached hydrogens (tertiary/aromatic N) is 1. The zero-order chi connectivity index (χ0) is 19.4. The number of likely N-dealkylation sites (N-methyl/N-ethyl adjacent to an activating group) is 1. The van der Waals surface area contributed by atoms with E-state index < -0.39 is 62.3 Å². The van der Waals surface area contributed by atoms with Crippen molar-refractivity contribution in [3.05, 3.63) is 0 Å². The standard InChI is InChI=1S/C12H16F9NO2/c1-22(2)8(23)3-24-7-9(4-10(13,14)15,5-11(16,17)18)6-12(19,20)21/h3-7H2,1-2H3. The van der Waals surface area contributed by atoms with Gasteiger partial charge in [-0.15, -0.1) is 0 Å². The van der Waals surface area contributed by atoms with Gasteiger partial charge in [-0.3, -0.25) is 4.79 Å². The van der Waals surface area contributed by atoms with E-state index >= 15 is 0 Å². The van der Waals surface area contributed by atoms with Gasteiger partial charge in [0.05, 0.1) is 25.9 Å². The van der Waals surface area contributed by atoms with Gasteiger partial charge in [0, 0.05) is 19.5 Å². The van der Waals surface area contributed by atoms with E-state index in [2.05, 4.69) is 4.74 Å². The van der Waals surface area contributed by atoms with Crippen molar-refractivity contribution >= 4 is 5.91 Å². The molecule has 0 fully saturated rings. The average Bonchev–Trinajstić information content (AvgIpc) is 2.20. The van der Waals surface area contributed by atoms with Gasteiger partial charge in [0.1, 0.15) is 6.61 Å². The topological polar surface area (TPSA) is 29.5 Å². The Hall–Kier alpha value is -1.20. The summed E-state index contributed by atoms with van der Waals surface area (Å²) < 4.78 is 117. The van der Waals surface area contributed by atoms with Crippen LogP contribution in [0.25, 0.3) is 0 Å². The van der Waals surface area contributed by atoms with Crippen molar-refractivity contribution < 1.29 is 49.0 Å². The van der Waals surface area contributed by atoms with Crippen molar-refractivity contribution in [1.82, 2.24) is 4.90 Å². The van der Waals surface area contributed by atoms with E-state index in [1.807, 2.05) is 0 Å². The third kappa shape index (κ3) is 10.6. The molecule has 0 saturated heterocycles. The highest BCUT2D eigenvalue weighted by Gasteiger charge is 2.53. The Morgan fingerprint density at radius 1 is 0.792 bits per heavy atom. The molecule has 0 saturated carbocycles. The van der Waals surface area contributed by atoms with Gasteiger partial charge in [0.2, 0.25) is 5.91 Å². The van der Waals surface area contributed by atoms with Crippen LogP contribution < -0.4 is 0 Å². The highest BCUT2D eigenvalue weighted by molar-refractivity contribution is 5.76. The van der Waals surface area contributed by atoms with E-state index in [4.69, 9.17) is 0 Å². The Morgan fingerprint density at radius 2 is 1.12 bits per heavy atom. The minimum atomic E-state index is -5.27. The Morgan fingerprint density at radius 3 is 1.38 bits per heavy atom. The van der Waals surface area contributed by atoms with Gasteiger partial charge in [-0.25, -0.2) is 0 Å². The van der Waals surface area contributed by atoms with Gasteiger partial charge in [-0.1, -0.05) is 0 Å². The van der Waals surface area contributed by atoms with Crippen molar-refractivity contribution in [2.24, 2.45) is 5.41 Å². The van der Waals surface area contributed by atoms with E-state index in [-0.39, 0.29) is 0 Å². The third-order valence-corrected chi connectivity index (χ3v) is 2.86. The number of alkyl halides is 9. The Kier molecular flexibility index (Phi) is 7.40. The first-order chi connectivity index (χ1) is 10.4. The highest BCUT2D eigenvalue weighted by Crippen LogP contribution is 2.48. The highest BCUT2D eigenvalue weighted by atomic mass is 19.4. The van der Waals surface area contributed by atoms with Crippen LogP contribution >= 0.6 is 0 Å². The van der Waals surface area contributed by atoms with Crippen molar-refractivity contribution in [3.8, 4) is 0 Å². The van der Waals surface area contributed by atoms with Gasteiger partial charge in [0.25, 0.3) is 0 Å². The zero-order valence-corrected chi connectivity index (χ0v) is 12.7. The van der Waals surface area contributed by atoms with Gasteiger partial charge in [-0.05, 0) is 0 Å². The summed E-state index contributed by atoms with van der Waals surface area (Å²) in [7, 11) is 2.47. The average molecular weight is 377 g/mol. The summed E-state index contributed by atoms with van der Waals surface area (Å²) in [4.78, 5) is 12.1. The molecule has 0 radical (unpaired) electrons. The van der Waals surface area contributed by atoms with Crippen LogP contribution in [0.1, 0.15) is 19.3 Å². The van der Waals surface area contributed by atoms with Crippen LogP contribution in [0.4, 0.5) is 39.5 Å². The number of hydrogen-bond acceptors (Lipinski definition) is 2. The predicted octanol–water partition coefficient (Wildman–Crippen LogP) is 3.93. The minimum absolute atomic E-state index is 0.810. The van der Waals surface area contributed by atoms with Gasteiger partial charge >= 0.3 is 18.5 Å². The maximum absolute atomic E-state index is 12.5. The first-order valence-corrected chi connectivity index (χ1v) is 6.43. The molecule has 1 amide bonds. The molecule has 0 aliphatic carbocycles. The van der Waals surface area contributed by atoms with Crippen LogP contribution in [0.15, 0.2) is 0 Å². The van der Waals surface area contributed by atoms with E-state index in [9.17, 15) is 44.3 Å². The molecule has 0 spiro atoms. The molecule has 0 unspecified atom stereocenters. The number of amides is 1. The first-order valence-electron chi connectivity index (χ1n) is 6.43. The monoisotopic (exact) mass is 377 g/mol. The van der Waals surface area contributed by atoms with Crippen LogP contribution in [0, 0.1) is 5.41 Å². The Balaban J connectivity index is 5.42. The number of carbonyl (C=O) groups is 1. The normalized spacial score (nSPS) is 14.0. The summed E-state index contributed by atoms with van der Waals surface area (Å²) in [6.45, 7) is -2.44. The second kappa shape index (κ2) is 7.79. The smallest absolute Gasteiger partial charge is 0.371 e. The summed E-state index contributed by atoms with van der Waals surface area (Å²) in [5.74, 6) is -0.810. The maximum Gasteiger partial charge on any atom is 0.389 e. The molecule has 0 aromatic carbocycles.